The Morgan fingerprint density at radius 2 is 1.72 bits per heavy atom. The zero-order valence-electron chi connectivity index (χ0n) is 21.1. The van der Waals surface area contributed by atoms with Gasteiger partial charge in [0.05, 0.1) is 6.54 Å². The molecule has 2 amide bonds. The summed E-state index contributed by atoms with van der Waals surface area (Å²) in [5, 5.41) is 12.2. The SMILES string of the molecule is CCCCSCCN(CCOc1ccc(CC(OCC)C(=O)O)cc1)C(=O)NCc1ccc(F)cc1. The van der Waals surface area contributed by atoms with E-state index in [0.29, 0.717) is 38.6 Å². The third-order valence-electron chi connectivity index (χ3n) is 5.41. The lowest BCUT2D eigenvalue weighted by atomic mass is 10.1. The van der Waals surface area contributed by atoms with Crippen molar-refractivity contribution in [2.75, 3.05) is 37.8 Å². The minimum atomic E-state index is -0.983. The summed E-state index contributed by atoms with van der Waals surface area (Å²) in [7, 11) is 0. The minimum Gasteiger partial charge on any atom is -0.492 e. The van der Waals surface area contributed by atoms with Crippen molar-refractivity contribution < 1.29 is 28.6 Å². The Kier molecular flexibility index (Phi) is 13.8. The van der Waals surface area contributed by atoms with Gasteiger partial charge in [-0.15, -0.1) is 0 Å². The molecule has 9 heteroatoms. The lowest BCUT2D eigenvalue weighted by Gasteiger charge is -2.23. The highest BCUT2D eigenvalue weighted by molar-refractivity contribution is 7.99. The fourth-order valence-electron chi connectivity index (χ4n) is 3.36. The van der Waals surface area contributed by atoms with E-state index in [2.05, 4.69) is 12.2 Å². The summed E-state index contributed by atoms with van der Waals surface area (Å²) in [5.41, 5.74) is 1.67. The normalized spacial score (nSPS) is 11.6. The molecule has 0 aromatic heterocycles. The van der Waals surface area contributed by atoms with Crippen LogP contribution in [0.15, 0.2) is 48.5 Å². The summed E-state index contributed by atoms with van der Waals surface area (Å²) < 4.78 is 24.2. The molecule has 198 valence electrons. The fourth-order valence-corrected chi connectivity index (χ4v) is 4.40. The summed E-state index contributed by atoms with van der Waals surface area (Å²) in [6, 6.07) is 13.1. The van der Waals surface area contributed by atoms with Gasteiger partial charge >= 0.3 is 12.0 Å². The van der Waals surface area contributed by atoms with Crippen LogP contribution in [-0.4, -0.2) is 65.9 Å². The Bertz CT molecular complexity index is 911. The number of unbranched alkanes of at least 4 members (excludes halogenated alkanes) is 1. The Balaban J connectivity index is 1.86. The van der Waals surface area contributed by atoms with Gasteiger partial charge in [-0.2, -0.15) is 11.8 Å². The number of halogens is 1. The number of nitrogens with zero attached hydrogens (tertiary/aromatic N) is 1. The van der Waals surface area contributed by atoms with E-state index >= 15 is 0 Å². The number of hydrogen-bond donors (Lipinski definition) is 2. The number of carboxylic acids is 1. The molecule has 0 bridgehead atoms. The van der Waals surface area contributed by atoms with Crippen LogP contribution in [-0.2, 0) is 22.5 Å². The molecular formula is C27H37FN2O5S. The molecule has 1 atom stereocenters. The van der Waals surface area contributed by atoms with Crippen molar-refractivity contribution in [3.63, 3.8) is 0 Å². The van der Waals surface area contributed by atoms with Gasteiger partial charge in [0, 0.05) is 31.9 Å². The van der Waals surface area contributed by atoms with E-state index in [-0.39, 0.29) is 18.3 Å². The van der Waals surface area contributed by atoms with Crippen molar-refractivity contribution >= 4 is 23.8 Å². The molecule has 2 aromatic rings. The van der Waals surface area contributed by atoms with Crippen molar-refractivity contribution in [2.24, 2.45) is 0 Å². The van der Waals surface area contributed by atoms with Crippen LogP contribution in [0.25, 0.3) is 0 Å². The van der Waals surface area contributed by atoms with Crippen molar-refractivity contribution in [2.45, 2.75) is 45.8 Å². The van der Waals surface area contributed by atoms with Gasteiger partial charge in [0.1, 0.15) is 18.2 Å². The predicted octanol–water partition coefficient (Wildman–Crippen LogP) is 4.98. The van der Waals surface area contributed by atoms with Gasteiger partial charge in [0.25, 0.3) is 0 Å². The molecule has 0 spiro atoms. The van der Waals surface area contributed by atoms with Crippen molar-refractivity contribution in [1.82, 2.24) is 10.2 Å². The first kappa shape index (κ1) is 29.5. The second-order valence-corrected chi connectivity index (χ2v) is 9.44. The number of rotatable bonds is 17. The van der Waals surface area contributed by atoms with E-state index in [1.165, 1.54) is 12.1 Å². The number of thioether (sulfide) groups is 1. The molecule has 0 heterocycles. The second kappa shape index (κ2) is 16.8. The van der Waals surface area contributed by atoms with Crippen LogP contribution >= 0.6 is 11.8 Å². The van der Waals surface area contributed by atoms with E-state index in [1.807, 2.05) is 23.9 Å². The van der Waals surface area contributed by atoms with Gasteiger partial charge in [0.15, 0.2) is 6.10 Å². The van der Waals surface area contributed by atoms with Crippen molar-refractivity contribution in [3.05, 3.63) is 65.5 Å². The Hall–Kier alpha value is -2.78. The average molecular weight is 521 g/mol. The van der Waals surface area contributed by atoms with E-state index in [0.717, 1.165) is 35.5 Å². The highest BCUT2D eigenvalue weighted by Gasteiger charge is 2.18. The lowest BCUT2D eigenvalue weighted by Crippen LogP contribution is -2.43. The number of benzene rings is 2. The summed E-state index contributed by atoms with van der Waals surface area (Å²) in [5.74, 6) is 1.26. The quantitative estimate of drug-likeness (QED) is 0.286. The zero-order chi connectivity index (χ0) is 26.2. The van der Waals surface area contributed by atoms with Gasteiger partial charge in [-0.25, -0.2) is 14.0 Å². The van der Waals surface area contributed by atoms with Gasteiger partial charge in [-0.05, 0) is 54.5 Å². The maximum absolute atomic E-state index is 13.1. The largest absolute Gasteiger partial charge is 0.492 e. The minimum absolute atomic E-state index is 0.190. The Labute approximate surface area is 217 Å². The summed E-state index contributed by atoms with van der Waals surface area (Å²) in [4.78, 5) is 25.8. The molecular weight excluding hydrogens is 483 g/mol. The first-order valence-corrected chi connectivity index (χ1v) is 13.5. The van der Waals surface area contributed by atoms with Gasteiger partial charge in [-0.1, -0.05) is 37.6 Å². The van der Waals surface area contributed by atoms with E-state index in [4.69, 9.17) is 9.47 Å². The fraction of sp³-hybridized carbons (Fsp3) is 0.481. The van der Waals surface area contributed by atoms with Crippen LogP contribution in [0.5, 0.6) is 5.75 Å². The molecule has 0 radical (unpaired) electrons. The number of hydrogen-bond acceptors (Lipinski definition) is 5. The van der Waals surface area contributed by atoms with Gasteiger partial charge in [-0.3, -0.25) is 0 Å². The lowest BCUT2D eigenvalue weighted by molar-refractivity contribution is -0.149. The third kappa shape index (κ3) is 11.3. The van der Waals surface area contributed by atoms with Gasteiger partial charge in [0.2, 0.25) is 0 Å². The van der Waals surface area contributed by atoms with Crippen LogP contribution in [0.3, 0.4) is 0 Å². The molecule has 1 unspecified atom stereocenters. The predicted molar refractivity (Wildman–Crippen MR) is 141 cm³/mol. The number of aliphatic carboxylic acids is 1. The maximum atomic E-state index is 13.1. The molecule has 2 aromatic carbocycles. The number of ether oxygens (including phenoxy) is 2. The number of urea groups is 1. The number of amides is 2. The van der Waals surface area contributed by atoms with Gasteiger partial charge < -0.3 is 24.8 Å². The maximum Gasteiger partial charge on any atom is 0.333 e. The molecule has 0 fully saturated rings. The van der Waals surface area contributed by atoms with Crippen LogP contribution in [0.4, 0.5) is 9.18 Å². The number of nitrogens with one attached hydrogen (secondary N) is 1. The molecule has 2 rings (SSSR count). The monoisotopic (exact) mass is 520 g/mol. The van der Waals surface area contributed by atoms with E-state index in [9.17, 15) is 19.1 Å². The Morgan fingerprint density at radius 3 is 2.36 bits per heavy atom. The molecule has 36 heavy (non-hydrogen) atoms. The highest BCUT2D eigenvalue weighted by Crippen LogP contribution is 2.15. The van der Waals surface area contributed by atoms with E-state index in [1.54, 1.807) is 36.1 Å². The standard InChI is InChI=1S/C27H37FN2O5S/c1-3-5-17-36-18-15-30(27(33)29-20-22-6-10-23(28)11-7-22)14-16-35-24-12-8-21(9-13-24)19-25(26(31)32)34-4-2/h6-13,25H,3-5,14-20H2,1-2H3,(H,29,33)(H,31,32). The molecule has 2 N–H and O–H groups in total. The number of carboxylic acid groups (broad SMARTS) is 1. The van der Waals surface area contributed by atoms with Crippen LogP contribution in [0.2, 0.25) is 0 Å². The Morgan fingerprint density at radius 1 is 1.03 bits per heavy atom. The summed E-state index contributed by atoms with van der Waals surface area (Å²) >= 11 is 1.83. The second-order valence-electron chi connectivity index (χ2n) is 8.22. The molecule has 0 saturated carbocycles. The van der Waals surface area contributed by atoms with Crippen molar-refractivity contribution in [1.29, 1.82) is 0 Å². The topological polar surface area (TPSA) is 88.1 Å². The number of carbonyl (C=O) groups excluding carboxylic acids is 1. The first-order chi connectivity index (χ1) is 17.4. The number of carbonyl (C=O) groups is 2. The summed E-state index contributed by atoms with van der Waals surface area (Å²) in [6.45, 7) is 5.91. The van der Waals surface area contributed by atoms with Crippen LogP contribution < -0.4 is 10.1 Å². The van der Waals surface area contributed by atoms with Crippen LogP contribution in [0.1, 0.15) is 37.8 Å². The van der Waals surface area contributed by atoms with Crippen LogP contribution in [0, 0.1) is 5.82 Å². The first-order valence-electron chi connectivity index (χ1n) is 12.3. The molecule has 0 aliphatic rings. The summed E-state index contributed by atoms with van der Waals surface area (Å²) in [6.07, 6.45) is 1.70. The highest BCUT2D eigenvalue weighted by atomic mass is 32.2. The molecule has 0 aliphatic carbocycles. The zero-order valence-corrected chi connectivity index (χ0v) is 21.9. The third-order valence-corrected chi connectivity index (χ3v) is 6.46. The molecule has 0 saturated heterocycles. The molecule has 7 nitrogen and oxygen atoms in total. The van der Waals surface area contributed by atoms with Crippen molar-refractivity contribution in [3.8, 4) is 5.75 Å². The smallest absolute Gasteiger partial charge is 0.333 e. The van der Waals surface area contributed by atoms with E-state index < -0.39 is 12.1 Å². The molecule has 0 aliphatic heterocycles. The average Bonchev–Trinajstić information content (AvgIpc) is 2.87.